The van der Waals surface area contributed by atoms with Gasteiger partial charge >= 0.3 is 6.18 Å². The molecule has 7 nitrogen and oxygen atoms in total. The summed E-state index contributed by atoms with van der Waals surface area (Å²) in [6.45, 7) is 1.64. The monoisotopic (exact) mass is 388 g/mol. The van der Waals surface area contributed by atoms with Crippen molar-refractivity contribution in [1.29, 1.82) is 0 Å². The number of hydrogen-bond donors (Lipinski definition) is 1. The summed E-state index contributed by atoms with van der Waals surface area (Å²) in [5, 5.41) is 3.71. The molecule has 3 aromatic heterocycles. The normalized spacial score (nSPS) is 14.3. The average molecular weight is 388 g/mol. The van der Waals surface area contributed by atoms with Gasteiger partial charge in [-0.2, -0.15) is 18.3 Å². The fourth-order valence-corrected chi connectivity index (χ4v) is 2.88. The Hall–Kier alpha value is -3.30. The smallest absolute Gasteiger partial charge is 0.365 e. The lowest BCUT2D eigenvalue weighted by Gasteiger charge is -2.07. The second kappa shape index (κ2) is 6.39. The van der Waals surface area contributed by atoms with Gasteiger partial charge in [0.15, 0.2) is 17.3 Å². The van der Waals surface area contributed by atoms with Crippen LogP contribution in [0.15, 0.2) is 30.6 Å². The number of nitrogens with two attached hydrogens (primary N) is 1. The van der Waals surface area contributed by atoms with E-state index in [0.717, 1.165) is 18.9 Å². The summed E-state index contributed by atoms with van der Waals surface area (Å²) in [5.74, 6) is 0.0636. The molecule has 1 fully saturated rings. The van der Waals surface area contributed by atoms with Gasteiger partial charge in [-0.25, -0.2) is 19.6 Å². The van der Waals surface area contributed by atoms with Crippen molar-refractivity contribution >= 4 is 5.91 Å². The summed E-state index contributed by atoms with van der Waals surface area (Å²) in [4.78, 5) is 23.9. The predicted molar refractivity (Wildman–Crippen MR) is 92.6 cm³/mol. The molecule has 0 aliphatic heterocycles. The van der Waals surface area contributed by atoms with E-state index in [4.69, 9.17) is 5.73 Å². The zero-order valence-electron chi connectivity index (χ0n) is 14.7. The van der Waals surface area contributed by atoms with Crippen LogP contribution in [0.3, 0.4) is 0 Å². The quantitative estimate of drug-likeness (QED) is 0.741. The number of nitrogens with zero attached hydrogens (tertiary/aromatic N) is 5. The van der Waals surface area contributed by atoms with Crippen LogP contribution >= 0.6 is 0 Å². The minimum absolute atomic E-state index is 0.0670. The van der Waals surface area contributed by atoms with Gasteiger partial charge in [-0.05, 0) is 38.0 Å². The summed E-state index contributed by atoms with van der Waals surface area (Å²) in [6, 6.07) is 4.30. The van der Waals surface area contributed by atoms with E-state index in [9.17, 15) is 18.0 Å². The van der Waals surface area contributed by atoms with Crippen LogP contribution in [0.2, 0.25) is 0 Å². The highest BCUT2D eigenvalue weighted by molar-refractivity contribution is 5.93. The summed E-state index contributed by atoms with van der Waals surface area (Å²) < 4.78 is 40.4. The fourth-order valence-electron chi connectivity index (χ4n) is 2.88. The highest BCUT2D eigenvalue weighted by atomic mass is 19.4. The number of hydrogen-bond acceptors (Lipinski definition) is 5. The molecule has 1 aliphatic carbocycles. The number of aromatic nitrogens is 5. The Bertz CT molecular complexity index is 1050. The molecule has 0 atom stereocenters. The average Bonchev–Trinajstić information content (AvgIpc) is 3.38. The maximum Gasteiger partial charge on any atom is 0.435 e. The number of pyridine rings is 1. The molecular weight excluding hydrogens is 373 g/mol. The van der Waals surface area contributed by atoms with Crippen molar-refractivity contribution < 1.29 is 18.0 Å². The van der Waals surface area contributed by atoms with Gasteiger partial charge in [-0.1, -0.05) is 0 Å². The Morgan fingerprint density at radius 1 is 1.21 bits per heavy atom. The number of aryl methyl sites for hydroxylation is 1. The first-order chi connectivity index (χ1) is 13.2. The number of rotatable bonds is 4. The minimum Gasteiger partial charge on any atom is -0.365 e. The second-order valence-electron chi connectivity index (χ2n) is 6.60. The molecule has 3 heterocycles. The molecule has 10 heteroatoms. The van der Waals surface area contributed by atoms with E-state index in [-0.39, 0.29) is 17.3 Å². The van der Waals surface area contributed by atoms with Crippen molar-refractivity contribution in [3.63, 3.8) is 0 Å². The van der Waals surface area contributed by atoms with Crippen LogP contribution in [0.1, 0.15) is 46.2 Å². The molecule has 0 bridgehead atoms. The summed E-state index contributed by atoms with van der Waals surface area (Å²) in [7, 11) is 0. The van der Waals surface area contributed by atoms with Crippen LogP contribution in [-0.4, -0.2) is 30.6 Å². The lowest BCUT2D eigenvalue weighted by molar-refractivity contribution is -0.141. The molecule has 2 N–H and O–H groups in total. The predicted octanol–water partition coefficient (Wildman–Crippen LogP) is 3.03. The molecule has 28 heavy (non-hydrogen) atoms. The molecule has 0 radical (unpaired) electrons. The maximum absolute atomic E-state index is 13.0. The Morgan fingerprint density at radius 3 is 2.50 bits per heavy atom. The van der Waals surface area contributed by atoms with Gasteiger partial charge in [0.25, 0.3) is 5.91 Å². The van der Waals surface area contributed by atoms with Gasteiger partial charge in [0.2, 0.25) is 0 Å². The van der Waals surface area contributed by atoms with Crippen LogP contribution in [0.25, 0.3) is 17.2 Å². The van der Waals surface area contributed by atoms with E-state index in [1.165, 1.54) is 17.1 Å². The molecule has 144 valence electrons. The Labute approximate surface area is 157 Å². The van der Waals surface area contributed by atoms with Gasteiger partial charge in [0.1, 0.15) is 0 Å². The molecule has 0 spiro atoms. The highest BCUT2D eigenvalue weighted by Gasteiger charge is 2.38. The second-order valence-corrected chi connectivity index (χ2v) is 6.60. The molecule has 0 aromatic carbocycles. The lowest BCUT2D eigenvalue weighted by Crippen LogP contribution is -2.14. The molecule has 0 unspecified atom stereocenters. The topological polar surface area (TPSA) is 99.6 Å². The Balaban J connectivity index is 1.68. The zero-order chi connectivity index (χ0) is 20.1. The molecular formula is C18H15F3N6O. The standard InChI is InChI=1S/C18H15F3N6O/c1-9-12(16(22)28)8-24-17(25-9)11-4-5-15(23-7-11)27-13(10-2-3-10)6-14(26-27)18(19,20)21/h4-8,10H,2-3H2,1H3,(H2,22,28). The SMILES string of the molecule is Cc1nc(-c2ccc(-n3nc(C(F)(F)F)cc3C3CC3)nc2)ncc1C(N)=O. The Morgan fingerprint density at radius 2 is 1.96 bits per heavy atom. The van der Waals surface area contributed by atoms with Gasteiger partial charge in [-0.3, -0.25) is 4.79 Å². The van der Waals surface area contributed by atoms with Gasteiger partial charge in [0, 0.05) is 29.6 Å². The third-order valence-electron chi connectivity index (χ3n) is 4.49. The summed E-state index contributed by atoms with van der Waals surface area (Å²) >= 11 is 0. The van der Waals surface area contributed by atoms with E-state index in [1.54, 1.807) is 19.1 Å². The van der Waals surface area contributed by atoms with Crippen molar-refractivity contribution in [3.8, 4) is 17.2 Å². The molecule has 1 amide bonds. The van der Waals surface area contributed by atoms with Gasteiger partial charge < -0.3 is 5.73 Å². The molecule has 0 saturated heterocycles. The maximum atomic E-state index is 13.0. The third kappa shape index (κ3) is 3.32. The van der Waals surface area contributed by atoms with Crippen molar-refractivity contribution in [2.45, 2.75) is 31.9 Å². The van der Waals surface area contributed by atoms with Crippen molar-refractivity contribution in [1.82, 2.24) is 24.7 Å². The van der Waals surface area contributed by atoms with Gasteiger partial charge in [-0.15, -0.1) is 0 Å². The number of amides is 1. The Kier molecular flexibility index (Phi) is 4.13. The zero-order valence-corrected chi connectivity index (χ0v) is 14.7. The van der Waals surface area contributed by atoms with Crippen LogP contribution < -0.4 is 5.73 Å². The first-order valence-corrected chi connectivity index (χ1v) is 8.51. The summed E-state index contributed by atoms with van der Waals surface area (Å²) in [5.41, 5.74) is 6.02. The van der Waals surface area contributed by atoms with E-state index in [2.05, 4.69) is 20.1 Å². The van der Waals surface area contributed by atoms with E-state index < -0.39 is 17.8 Å². The molecule has 3 aromatic rings. The van der Waals surface area contributed by atoms with Crippen molar-refractivity contribution in [3.05, 3.63) is 53.2 Å². The van der Waals surface area contributed by atoms with Gasteiger partial charge in [0.05, 0.1) is 11.3 Å². The van der Waals surface area contributed by atoms with Crippen LogP contribution in [0.4, 0.5) is 13.2 Å². The van der Waals surface area contributed by atoms with Crippen LogP contribution in [0, 0.1) is 6.92 Å². The molecule has 1 saturated carbocycles. The largest absolute Gasteiger partial charge is 0.435 e. The van der Waals surface area contributed by atoms with Crippen LogP contribution in [0.5, 0.6) is 0 Å². The first-order valence-electron chi connectivity index (χ1n) is 8.51. The number of primary amides is 1. The molecule has 4 rings (SSSR count). The number of halogens is 3. The summed E-state index contributed by atoms with van der Waals surface area (Å²) in [6.07, 6.45) is -0.0505. The first kappa shape index (κ1) is 18.1. The van der Waals surface area contributed by atoms with E-state index >= 15 is 0 Å². The van der Waals surface area contributed by atoms with Crippen LogP contribution in [-0.2, 0) is 6.18 Å². The number of carbonyl (C=O) groups excluding carboxylic acids is 1. The molecule has 1 aliphatic rings. The van der Waals surface area contributed by atoms with Crippen molar-refractivity contribution in [2.24, 2.45) is 5.73 Å². The van der Waals surface area contributed by atoms with E-state index in [0.29, 0.717) is 22.8 Å². The number of carbonyl (C=O) groups is 1. The third-order valence-corrected chi connectivity index (χ3v) is 4.49. The lowest BCUT2D eigenvalue weighted by atomic mass is 10.2. The fraction of sp³-hybridized carbons (Fsp3) is 0.278. The van der Waals surface area contributed by atoms with E-state index in [1.807, 2.05) is 0 Å². The van der Waals surface area contributed by atoms with Crippen molar-refractivity contribution in [2.75, 3.05) is 0 Å². The number of alkyl halides is 3. The minimum atomic E-state index is -4.51. The highest BCUT2D eigenvalue weighted by Crippen LogP contribution is 2.42.